The van der Waals surface area contributed by atoms with Crippen molar-refractivity contribution in [3.63, 3.8) is 0 Å². The van der Waals surface area contributed by atoms with Gasteiger partial charge in [0, 0.05) is 19.0 Å². The molecule has 0 saturated carbocycles. The van der Waals surface area contributed by atoms with Crippen LogP contribution in [0.2, 0.25) is 0 Å². The molecule has 1 heterocycles. The molecule has 0 aromatic carbocycles. The number of aromatic nitrogens is 1. The van der Waals surface area contributed by atoms with E-state index in [2.05, 4.69) is 29.0 Å². The summed E-state index contributed by atoms with van der Waals surface area (Å²) in [6.45, 7) is 8.06. The van der Waals surface area contributed by atoms with Crippen LogP contribution < -0.4 is 5.32 Å². The largest absolute Gasteiger partial charge is 0.369 e. The molecular formula is C13H23N3O2S. The van der Waals surface area contributed by atoms with E-state index in [1.54, 1.807) is 18.3 Å². The summed E-state index contributed by atoms with van der Waals surface area (Å²) in [6, 6.07) is 3.21. The zero-order valence-corrected chi connectivity index (χ0v) is 12.7. The molecular weight excluding hydrogens is 262 g/mol. The van der Waals surface area contributed by atoms with Gasteiger partial charge in [0.05, 0.1) is 0 Å². The maximum Gasteiger partial charge on any atom is 0.179 e. The van der Waals surface area contributed by atoms with E-state index < -0.39 is 9.84 Å². The molecule has 1 rings (SSSR count). The molecule has 0 amide bonds. The Kier molecular flexibility index (Phi) is 6.24. The maximum absolute atomic E-state index is 11.6. The minimum absolute atomic E-state index is 0.262. The van der Waals surface area contributed by atoms with E-state index in [4.69, 9.17) is 0 Å². The van der Waals surface area contributed by atoms with E-state index in [0.29, 0.717) is 5.82 Å². The average Bonchev–Trinajstić information content (AvgIpc) is 2.38. The zero-order valence-electron chi connectivity index (χ0n) is 11.9. The quantitative estimate of drug-likeness (QED) is 0.736. The molecule has 1 aromatic heterocycles. The molecule has 0 saturated heterocycles. The van der Waals surface area contributed by atoms with Crippen LogP contribution in [0, 0.1) is 0 Å². The third-order valence-electron chi connectivity index (χ3n) is 3.01. The predicted octanol–water partition coefficient (Wildman–Crippen LogP) is 1.63. The number of rotatable bonds is 8. The highest BCUT2D eigenvalue weighted by Gasteiger charge is 2.13. The van der Waals surface area contributed by atoms with Crippen molar-refractivity contribution in [3.05, 3.63) is 18.3 Å². The average molecular weight is 285 g/mol. The van der Waals surface area contributed by atoms with E-state index in [9.17, 15) is 8.42 Å². The van der Waals surface area contributed by atoms with Crippen LogP contribution in [-0.2, 0) is 9.84 Å². The first-order valence-corrected chi connectivity index (χ1v) is 8.49. The molecule has 0 spiro atoms. The first-order valence-electron chi connectivity index (χ1n) is 6.60. The smallest absolute Gasteiger partial charge is 0.179 e. The Morgan fingerprint density at radius 1 is 1.32 bits per heavy atom. The molecule has 5 nitrogen and oxygen atoms in total. The standard InChI is InChI=1S/C13H23N3O2S/c1-4-16(5-2)11-7-10-15-13-12(19(3,17)18)8-6-9-14-13/h6,8-9H,4-5,7,10-11H2,1-3H3,(H,14,15). The molecule has 1 aromatic rings. The lowest BCUT2D eigenvalue weighted by Gasteiger charge is -2.18. The van der Waals surface area contributed by atoms with Gasteiger partial charge in [-0.2, -0.15) is 0 Å². The van der Waals surface area contributed by atoms with Gasteiger partial charge >= 0.3 is 0 Å². The number of pyridine rings is 1. The van der Waals surface area contributed by atoms with Gasteiger partial charge in [0.2, 0.25) is 0 Å². The summed E-state index contributed by atoms with van der Waals surface area (Å²) in [7, 11) is -3.23. The van der Waals surface area contributed by atoms with Gasteiger partial charge in [0.25, 0.3) is 0 Å². The fourth-order valence-corrected chi connectivity index (χ4v) is 2.67. The second-order valence-corrected chi connectivity index (χ2v) is 6.41. The van der Waals surface area contributed by atoms with Crippen LogP contribution in [0.5, 0.6) is 0 Å². The van der Waals surface area contributed by atoms with Crippen molar-refractivity contribution in [2.45, 2.75) is 25.2 Å². The first kappa shape index (κ1) is 15.9. The lowest BCUT2D eigenvalue weighted by atomic mass is 10.3. The van der Waals surface area contributed by atoms with Crippen LogP contribution in [0.15, 0.2) is 23.2 Å². The van der Waals surface area contributed by atoms with Crippen molar-refractivity contribution in [1.82, 2.24) is 9.88 Å². The topological polar surface area (TPSA) is 62.3 Å². The van der Waals surface area contributed by atoms with Crippen molar-refractivity contribution in [1.29, 1.82) is 0 Å². The summed E-state index contributed by atoms with van der Waals surface area (Å²) in [5.41, 5.74) is 0. The van der Waals surface area contributed by atoms with Gasteiger partial charge in [-0.05, 0) is 38.2 Å². The summed E-state index contributed by atoms with van der Waals surface area (Å²) in [4.78, 5) is 6.69. The maximum atomic E-state index is 11.6. The molecule has 0 aliphatic rings. The minimum Gasteiger partial charge on any atom is -0.369 e. The van der Waals surface area contributed by atoms with Crippen LogP contribution in [-0.4, -0.2) is 50.7 Å². The van der Waals surface area contributed by atoms with Gasteiger partial charge < -0.3 is 10.2 Å². The van der Waals surface area contributed by atoms with E-state index in [-0.39, 0.29) is 4.90 Å². The zero-order chi connectivity index (χ0) is 14.3. The molecule has 0 aliphatic carbocycles. The van der Waals surface area contributed by atoms with Gasteiger partial charge in [-0.3, -0.25) is 0 Å². The molecule has 108 valence electrons. The SMILES string of the molecule is CCN(CC)CCCNc1ncccc1S(C)(=O)=O. The summed E-state index contributed by atoms with van der Waals surface area (Å²) in [5, 5.41) is 3.11. The van der Waals surface area contributed by atoms with E-state index >= 15 is 0 Å². The number of nitrogens with zero attached hydrogens (tertiary/aromatic N) is 2. The number of anilines is 1. The van der Waals surface area contributed by atoms with E-state index in [0.717, 1.165) is 32.6 Å². The van der Waals surface area contributed by atoms with Gasteiger partial charge in [-0.25, -0.2) is 13.4 Å². The van der Waals surface area contributed by atoms with Crippen LogP contribution in [0.4, 0.5) is 5.82 Å². The van der Waals surface area contributed by atoms with Crippen LogP contribution in [0.3, 0.4) is 0 Å². The molecule has 19 heavy (non-hydrogen) atoms. The fraction of sp³-hybridized carbons (Fsp3) is 0.615. The van der Waals surface area contributed by atoms with E-state index in [1.165, 1.54) is 6.26 Å². The highest BCUT2D eigenvalue weighted by Crippen LogP contribution is 2.17. The molecule has 6 heteroatoms. The highest BCUT2D eigenvalue weighted by molar-refractivity contribution is 7.90. The number of hydrogen-bond acceptors (Lipinski definition) is 5. The Bertz CT molecular complexity index is 484. The minimum atomic E-state index is -3.23. The first-order chi connectivity index (χ1) is 8.99. The van der Waals surface area contributed by atoms with Crippen molar-refractivity contribution < 1.29 is 8.42 Å². The molecule has 0 radical (unpaired) electrons. The molecule has 0 unspecified atom stereocenters. The summed E-state index contributed by atoms with van der Waals surface area (Å²) in [6.07, 6.45) is 3.76. The Balaban J connectivity index is 2.55. The van der Waals surface area contributed by atoms with Gasteiger partial charge in [-0.15, -0.1) is 0 Å². The number of sulfone groups is 1. The molecule has 0 aliphatic heterocycles. The lowest BCUT2D eigenvalue weighted by molar-refractivity contribution is 0.303. The molecule has 0 atom stereocenters. The Morgan fingerprint density at radius 3 is 2.58 bits per heavy atom. The van der Waals surface area contributed by atoms with Crippen molar-refractivity contribution in [3.8, 4) is 0 Å². The predicted molar refractivity (Wildman–Crippen MR) is 78.2 cm³/mol. The van der Waals surface area contributed by atoms with Crippen LogP contribution in [0.1, 0.15) is 20.3 Å². The van der Waals surface area contributed by atoms with Crippen LogP contribution in [0.25, 0.3) is 0 Å². The normalized spacial score (nSPS) is 11.8. The van der Waals surface area contributed by atoms with Gasteiger partial charge in [0.1, 0.15) is 10.7 Å². The number of hydrogen-bond donors (Lipinski definition) is 1. The van der Waals surface area contributed by atoms with Crippen LogP contribution >= 0.6 is 0 Å². The second-order valence-electron chi connectivity index (χ2n) is 4.43. The lowest BCUT2D eigenvalue weighted by Crippen LogP contribution is -2.25. The van der Waals surface area contributed by atoms with Crippen molar-refractivity contribution in [2.75, 3.05) is 37.8 Å². The van der Waals surface area contributed by atoms with Crippen molar-refractivity contribution in [2.24, 2.45) is 0 Å². The summed E-state index contributed by atoms with van der Waals surface area (Å²) < 4.78 is 23.2. The summed E-state index contributed by atoms with van der Waals surface area (Å²) >= 11 is 0. The molecule has 1 N–H and O–H groups in total. The van der Waals surface area contributed by atoms with Gasteiger partial charge in [-0.1, -0.05) is 13.8 Å². The van der Waals surface area contributed by atoms with Gasteiger partial charge in [0.15, 0.2) is 9.84 Å². The second kappa shape index (κ2) is 7.45. The third-order valence-corrected chi connectivity index (χ3v) is 4.14. The third kappa shape index (κ3) is 5.16. The number of nitrogens with one attached hydrogen (secondary N) is 1. The monoisotopic (exact) mass is 285 g/mol. The molecule has 0 fully saturated rings. The summed E-state index contributed by atoms with van der Waals surface area (Å²) in [5.74, 6) is 0.449. The Hall–Kier alpha value is -1.14. The Labute approximate surface area is 116 Å². The van der Waals surface area contributed by atoms with Crippen molar-refractivity contribution >= 4 is 15.7 Å². The van der Waals surface area contributed by atoms with E-state index in [1.807, 2.05) is 0 Å². The highest BCUT2D eigenvalue weighted by atomic mass is 32.2. The Morgan fingerprint density at radius 2 is 2.00 bits per heavy atom. The fourth-order valence-electron chi connectivity index (χ4n) is 1.87. The molecule has 0 bridgehead atoms.